The minimum atomic E-state index is -0.121. The summed E-state index contributed by atoms with van der Waals surface area (Å²) in [6.45, 7) is 2.07. The summed E-state index contributed by atoms with van der Waals surface area (Å²) in [7, 11) is 0. The molecule has 0 atom stereocenters. The second kappa shape index (κ2) is 8.18. The van der Waals surface area contributed by atoms with Crippen LogP contribution in [0.3, 0.4) is 0 Å². The number of aryl methyl sites for hydroxylation is 1. The highest BCUT2D eigenvalue weighted by molar-refractivity contribution is 7.99. The van der Waals surface area contributed by atoms with Crippen molar-refractivity contribution in [2.24, 2.45) is 0 Å². The molecule has 2 aromatic carbocycles. The summed E-state index contributed by atoms with van der Waals surface area (Å²) in [5, 5.41) is 11.8. The lowest BCUT2D eigenvalue weighted by Gasteiger charge is -2.05. The largest absolute Gasteiger partial charge is 0.411 e. The lowest BCUT2D eigenvalue weighted by molar-refractivity contribution is -0.113. The Hall–Kier alpha value is -2.31. The minimum absolute atomic E-state index is 0.121. The molecule has 0 unspecified atom stereocenters. The lowest BCUT2D eigenvalue weighted by Crippen LogP contribution is -2.14. The van der Waals surface area contributed by atoms with Gasteiger partial charge in [-0.25, -0.2) is 0 Å². The van der Waals surface area contributed by atoms with Gasteiger partial charge in [0, 0.05) is 16.3 Å². The second-order valence-corrected chi connectivity index (χ2v) is 6.63. The maximum Gasteiger partial charge on any atom is 0.277 e. The monoisotopic (exact) mass is 373 g/mol. The first-order valence-electron chi connectivity index (χ1n) is 7.75. The third kappa shape index (κ3) is 4.84. The van der Waals surface area contributed by atoms with Crippen molar-refractivity contribution in [3.05, 3.63) is 59.1 Å². The number of halogens is 1. The van der Waals surface area contributed by atoms with Crippen LogP contribution in [0.2, 0.25) is 5.02 Å². The van der Waals surface area contributed by atoms with Crippen LogP contribution < -0.4 is 5.32 Å². The number of carbonyl (C=O) groups is 1. The van der Waals surface area contributed by atoms with E-state index in [1.165, 1.54) is 17.3 Å². The van der Waals surface area contributed by atoms with Crippen molar-refractivity contribution in [3.63, 3.8) is 0 Å². The van der Waals surface area contributed by atoms with E-state index in [1.807, 2.05) is 24.3 Å². The number of rotatable bonds is 6. The molecule has 0 aliphatic rings. The molecule has 3 rings (SSSR count). The average Bonchev–Trinajstić information content (AvgIpc) is 3.10. The van der Waals surface area contributed by atoms with Crippen LogP contribution >= 0.6 is 23.4 Å². The fourth-order valence-corrected chi connectivity index (χ4v) is 2.86. The maximum absolute atomic E-state index is 12.1. The van der Waals surface area contributed by atoms with Crippen molar-refractivity contribution in [1.29, 1.82) is 0 Å². The molecule has 0 aliphatic heterocycles. The summed E-state index contributed by atoms with van der Waals surface area (Å²) in [4.78, 5) is 12.1. The highest BCUT2D eigenvalue weighted by Crippen LogP contribution is 2.24. The third-order valence-corrected chi connectivity index (χ3v) is 4.51. The summed E-state index contributed by atoms with van der Waals surface area (Å²) < 4.78 is 5.56. The van der Waals surface area contributed by atoms with E-state index in [2.05, 4.69) is 22.4 Å². The van der Waals surface area contributed by atoms with E-state index < -0.39 is 0 Å². The molecular formula is C18H16ClN3O2S. The first-order valence-corrected chi connectivity index (χ1v) is 9.11. The van der Waals surface area contributed by atoms with Crippen molar-refractivity contribution < 1.29 is 9.21 Å². The predicted molar refractivity (Wildman–Crippen MR) is 99.9 cm³/mol. The van der Waals surface area contributed by atoms with Crippen molar-refractivity contribution in [3.8, 4) is 11.5 Å². The number of hydrogen-bond acceptors (Lipinski definition) is 5. The van der Waals surface area contributed by atoms with Crippen LogP contribution in [0.5, 0.6) is 0 Å². The van der Waals surface area contributed by atoms with Crippen LogP contribution in [0.25, 0.3) is 11.5 Å². The number of nitrogens with one attached hydrogen (secondary N) is 1. The summed E-state index contributed by atoms with van der Waals surface area (Å²) >= 11 is 7.06. The first kappa shape index (κ1) is 17.5. The summed E-state index contributed by atoms with van der Waals surface area (Å²) in [6.07, 6.45) is 0.925. The van der Waals surface area contributed by atoms with Gasteiger partial charge < -0.3 is 9.73 Å². The van der Waals surface area contributed by atoms with E-state index in [9.17, 15) is 4.79 Å². The number of hydrogen-bond donors (Lipinski definition) is 1. The zero-order valence-electron chi connectivity index (χ0n) is 13.5. The van der Waals surface area contributed by atoms with Crippen LogP contribution in [-0.2, 0) is 11.2 Å². The molecule has 1 amide bonds. The Labute approximate surface area is 154 Å². The number of benzene rings is 2. The Bertz CT molecular complexity index is 865. The lowest BCUT2D eigenvalue weighted by atomic mass is 10.1. The van der Waals surface area contributed by atoms with Gasteiger partial charge in [0.2, 0.25) is 11.8 Å². The molecule has 1 N–H and O–H groups in total. The highest BCUT2D eigenvalue weighted by atomic mass is 35.5. The van der Waals surface area contributed by atoms with Gasteiger partial charge in [0.05, 0.1) is 5.75 Å². The Kier molecular flexibility index (Phi) is 5.73. The number of thioether (sulfide) groups is 1. The van der Waals surface area contributed by atoms with E-state index in [4.69, 9.17) is 16.0 Å². The number of nitrogens with zero attached hydrogens (tertiary/aromatic N) is 2. The molecular weight excluding hydrogens is 358 g/mol. The number of aromatic nitrogens is 2. The molecule has 7 heteroatoms. The van der Waals surface area contributed by atoms with Crippen molar-refractivity contribution in [2.75, 3.05) is 11.1 Å². The van der Waals surface area contributed by atoms with Crippen LogP contribution in [0.4, 0.5) is 5.69 Å². The molecule has 1 aromatic heterocycles. The maximum atomic E-state index is 12.1. The van der Waals surface area contributed by atoms with E-state index in [0.717, 1.165) is 17.7 Å². The zero-order chi connectivity index (χ0) is 17.6. The minimum Gasteiger partial charge on any atom is -0.411 e. The van der Waals surface area contributed by atoms with Gasteiger partial charge in [-0.2, -0.15) is 0 Å². The fraction of sp³-hybridized carbons (Fsp3) is 0.167. The van der Waals surface area contributed by atoms with Gasteiger partial charge in [-0.05, 0) is 48.4 Å². The molecule has 25 heavy (non-hydrogen) atoms. The summed E-state index contributed by atoms with van der Waals surface area (Å²) in [5.74, 6) is 0.471. The quantitative estimate of drug-likeness (QED) is 0.635. The predicted octanol–water partition coefficient (Wildman–Crippen LogP) is 4.68. The van der Waals surface area contributed by atoms with Crippen molar-refractivity contribution >= 4 is 35.0 Å². The smallest absolute Gasteiger partial charge is 0.277 e. The molecule has 0 fully saturated rings. The fourth-order valence-electron chi connectivity index (χ4n) is 2.17. The van der Waals surface area contributed by atoms with Gasteiger partial charge in [-0.3, -0.25) is 4.79 Å². The van der Waals surface area contributed by atoms with E-state index >= 15 is 0 Å². The SMILES string of the molecule is CCc1cccc(NC(=O)CSc2nnc(-c3ccc(Cl)cc3)o2)c1. The van der Waals surface area contributed by atoms with Gasteiger partial charge in [0.1, 0.15) is 0 Å². The van der Waals surface area contributed by atoms with Gasteiger partial charge >= 0.3 is 0 Å². The van der Waals surface area contributed by atoms with Crippen molar-refractivity contribution in [1.82, 2.24) is 10.2 Å². The Balaban J connectivity index is 1.56. The van der Waals surface area contributed by atoms with Crippen LogP contribution in [0, 0.1) is 0 Å². The van der Waals surface area contributed by atoms with E-state index in [0.29, 0.717) is 16.1 Å². The van der Waals surface area contributed by atoms with Gasteiger partial charge in [-0.1, -0.05) is 42.4 Å². The molecule has 0 radical (unpaired) electrons. The molecule has 0 spiro atoms. The Morgan fingerprint density at radius 2 is 2.00 bits per heavy atom. The molecule has 0 aliphatic carbocycles. The Morgan fingerprint density at radius 3 is 2.76 bits per heavy atom. The van der Waals surface area contributed by atoms with Gasteiger partial charge in [0.25, 0.3) is 5.22 Å². The van der Waals surface area contributed by atoms with Crippen LogP contribution in [0.1, 0.15) is 12.5 Å². The standard InChI is InChI=1S/C18H16ClN3O2S/c1-2-12-4-3-5-15(10-12)20-16(23)11-25-18-22-21-17(24-18)13-6-8-14(19)9-7-13/h3-10H,2,11H2,1H3,(H,20,23). The van der Waals surface area contributed by atoms with Crippen LogP contribution in [0.15, 0.2) is 58.2 Å². The van der Waals surface area contributed by atoms with E-state index in [1.54, 1.807) is 24.3 Å². The molecule has 0 bridgehead atoms. The topological polar surface area (TPSA) is 68.0 Å². The second-order valence-electron chi connectivity index (χ2n) is 5.27. The molecule has 128 valence electrons. The average molecular weight is 374 g/mol. The number of amides is 1. The third-order valence-electron chi connectivity index (χ3n) is 3.44. The van der Waals surface area contributed by atoms with Crippen LogP contribution in [-0.4, -0.2) is 21.9 Å². The zero-order valence-corrected chi connectivity index (χ0v) is 15.1. The number of anilines is 1. The molecule has 3 aromatic rings. The summed E-state index contributed by atoms with van der Waals surface area (Å²) in [5.41, 5.74) is 2.75. The van der Waals surface area contributed by atoms with E-state index in [-0.39, 0.29) is 11.7 Å². The van der Waals surface area contributed by atoms with Crippen molar-refractivity contribution in [2.45, 2.75) is 18.6 Å². The Morgan fingerprint density at radius 1 is 1.20 bits per heavy atom. The highest BCUT2D eigenvalue weighted by Gasteiger charge is 2.11. The molecule has 1 heterocycles. The number of carbonyl (C=O) groups excluding carboxylic acids is 1. The molecule has 0 saturated heterocycles. The molecule has 0 saturated carbocycles. The van der Waals surface area contributed by atoms with Gasteiger partial charge in [0.15, 0.2) is 0 Å². The summed E-state index contributed by atoms with van der Waals surface area (Å²) in [6, 6.07) is 14.9. The first-order chi connectivity index (χ1) is 12.1. The normalized spacial score (nSPS) is 10.6. The van der Waals surface area contributed by atoms with Gasteiger partial charge in [-0.15, -0.1) is 10.2 Å². The molecule has 5 nitrogen and oxygen atoms in total.